The molecule has 0 atom stereocenters. The number of nitrogens with zero attached hydrogens (tertiary/aromatic N) is 1. The molecule has 0 fully saturated rings. The lowest BCUT2D eigenvalue weighted by atomic mass is 10.1. The fourth-order valence-electron chi connectivity index (χ4n) is 1.73. The van der Waals surface area contributed by atoms with Crippen molar-refractivity contribution in [2.75, 3.05) is 0 Å². The van der Waals surface area contributed by atoms with E-state index < -0.39 is 5.97 Å². The number of carbonyl (C=O) groups is 1. The van der Waals surface area contributed by atoms with Crippen LogP contribution in [0.4, 0.5) is 0 Å². The van der Waals surface area contributed by atoms with Crippen molar-refractivity contribution in [3.8, 4) is 0 Å². The molecule has 0 aliphatic carbocycles. The van der Waals surface area contributed by atoms with Gasteiger partial charge in [-0.3, -0.25) is 4.98 Å². The van der Waals surface area contributed by atoms with Gasteiger partial charge in [0.05, 0.1) is 5.56 Å². The van der Waals surface area contributed by atoms with Crippen LogP contribution in [0.3, 0.4) is 0 Å². The largest absolute Gasteiger partial charge is 0.478 e. The first-order valence-corrected chi connectivity index (χ1v) is 5.68. The van der Waals surface area contributed by atoms with E-state index in [1.54, 1.807) is 24.5 Å². The Bertz CT molecular complexity index is 532. The first-order valence-electron chi connectivity index (χ1n) is 5.68. The van der Waals surface area contributed by atoms with E-state index in [1.165, 1.54) is 0 Å². The molecule has 0 saturated heterocycles. The van der Waals surface area contributed by atoms with E-state index >= 15 is 0 Å². The first kappa shape index (κ1) is 15.1. The van der Waals surface area contributed by atoms with Gasteiger partial charge >= 0.3 is 5.97 Å². The van der Waals surface area contributed by atoms with E-state index in [0.29, 0.717) is 18.7 Å². The third kappa shape index (κ3) is 4.35. The molecule has 0 amide bonds. The van der Waals surface area contributed by atoms with Crippen LogP contribution in [0.2, 0.25) is 0 Å². The summed E-state index contributed by atoms with van der Waals surface area (Å²) in [5.74, 6) is -0.895. The minimum Gasteiger partial charge on any atom is -0.478 e. The molecule has 1 heterocycles. The molecule has 0 saturated carbocycles. The topological polar surface area (TPSA) is 62.2 Å². The minimum atomic E-state index is -0.895. The van der Waals surface area contributed by atoms with Crippen molar-refractivity contribution in [2.45, 2.75) is 13.1 Å². The Kier molecular flexibility index (Phi) is 5.99. The molecular weight excluding hydrogens is 264 g/mol. The van der Waals surface area contributed by atoms with Crippen LogP contribution in [0.5, 0.6) is 0 Å². The van der Waals surface area contributed by atoms with Gasteiger partial charge in [0.25, 0.3) is 0 Å². The summed E-state index contributed by atoms with van der Waals surface area (Å²) in [6, 6.07) is 10.9. The monoisotopic (exact) mass is 278 g/mol. The van der Waals surface area contributed by atoms with Crippen LogP contribution in [0.15, 0.2) is 48.8 Å². The molecule has 2 aromatic rings. The predicted molar refractivity (Wildman–Crippen MR) is 75.4 cm³/mol. The van der Waals surface area contributed by atoms with Crippen molar-refractivity contribution in [3.05, 3.63) is 65.5 Å². The molecule has 0 radical (unpaired) electrons. The molecule has 5 heteroatoms. The molecule has 19 heavy (non-hydrogen) atoms. The SMILES string of the molecule is Cl.O=C(O)c1ccccc1CNCc1cccnc1. The van der Waals surface area contributed by atoms with Crippen molar-refractivity contribution in [1.82, 2.24) is 10.3 Å². The van der Waals surface area contributed by atoms with E-state index in [4.69, 9.17) is 5.11 Å². The molecule has 0 aliphatic rings. The van der Waals surface area contributed by atoms with Gasteiger partial charge in [0, 0.05) is 25.5 Å². The lowest BCUT2D eigenvalue weighted by Gasteiger charge is -2.07. The fraction of sp³-hybridized carbons (Fsp3) is 0.143. The second-order valence-corrected chi connectivity index (χ2v) is 3.93. The van der Waals surface area contributed by atoms with Gasteiger partial charge in [-0.25, -0.2) is 4.79 Å². The van der Waals surface area contributed by atoms with Gasteiger partial charge in [-0.05, 0) is 23.3 Å². The normalized spacial score (nSPS) is 9.68. The quantitative estimate of drug-likeness (QED) is 0.882. The van der Waals surface area contributed by atoms with Gasteiger partial charge in [0.15, 0.2) is 0 Å². The van der Waals surface area contributed by atoms with Gasteiger partial charge in [-0.15, -0.1) is 12.4 Å². The predicted octanol–water partition coefficient (Wildman–Crippen LogP) is 2.49. The number of aromatic carboxylic acids is 1. The van der Waals surface area contributed by atoms with Crippen LogP contribution in [0.1, 0.15) is 21.5 Å². The van der Waals surface area contributed by atoms with Crippen molar-refractivity contribution in [1.29, 1.82) is 0 Å². The van der Waals surface area contributed by atoms with Gasteiger partial charge in [-0.1, -0.05) is 24.3 Å². The van der Waals surface area contributed by atoms with E-state index in [2.05, 4.69) is 10.3 Å². The van der Waals surface area contributed by atoms with Crippen molar-refractivity contribution in [2.24, 2.45) is 0 Å². The number of nitrogens with one attached hydrogen (secondary N) is 1. The lowest BCUT2D eigenvalue weighted by molar-refractivity contribution is 0.0695. The summed E-state index contributed by atoms with van der Waals surface area (Å²) in [6.07, 6.45) is 3.51. The van der Waals surface area contributed by atoms with Crippen LogP contribution >= 0.6 is 12.4 Å². The average molecular weight is 279 g/mol. The van der Waals surface area contributed by atoms with Gasteiger partial charge < -0.3 is 10.4 Å². The van der Waals surface area contributed by atoms with Gasteiger partial charge in [0.2, 0.25) is 0 Å². The highest BCUT2D eigenvalue weighted by Gasteiger charge is 2.07. The standard InChI is InChI=1S/C14H14N2O2.ClH/c17-14(18)13-6-2-1-5-12(13)10-16-9-11-4-3-7-15-8-11;/h1-8,16H,9-10H2,(H,17,18);1H. The second kappa shape index (κ2) is 7.51. The molecule has 2 rings (SSSR count). The minimum absolute atomic E-state index is 0. The number of halogens is 1. The lowest BCUT2D eigenvalue weighted by Crippen LogP contribution is -2.15. The van der Waals surface area contributed by atoms with E-state index in [0.717, 1.165) is 11.1 Å². The zero-order chi connectivity index (χ0) is 12.8. The second-order valence-electron chi connectivity index (χ2n) is 3.93. The van der Waals surface area contributed by atoms with Crippen LogP contribution < -0.4 is 5.32 Å². The Morgan fingerprint density at radius 1 is 1.16 bits per heavy atom. The van der Waals surface area contributed by atoms with E-state index in [9.17, 15) is 4.79 Å². The molecule has 4 nitrogen and oxygen atoms in total. The van der Waals surface area contributed by atoms with Crippen molar-refractivity contribution < 1.29 is 9.90 Å². The third-order valence-corrected chi connectivity index (χ3v) is 2.62. The van der Waals surface area contributed by atoms with Crippen molar-refractivity contribution in [3.63, 3.8) is 0 Å². The number of hydrogen-bond acceptors (Lipinski definition) is 3. The zero-order valence-electron chi connectivity index (χ0n) is 10.2. The molecule has 0 aliphatic heterocycles. The molecule has 1 aromatic carbocycles. The van der Waals surface area contributed by atoms with E-state index in [-0.39, 0.29) is 12.4 Å². The maximum atomic E-state index is 11.0. The van der Waals surface area contributed by atoms with Crippen LogP contribution in [0, 0.1) is 0 Å². The maximum Gasteiger partial charge on any atom is 0.336 e. The molecule has 100 valence electrons. The zero-order valence-corrected chi connectivity index (χ0v) is 11.1. The Morgan fingerprint density at radius 3 is 2.63 bits per heavy atom. The summed E-state index contributed by atoms with van der Waals surface area (Å²) < 4.78 is 0. The van der Waals surface area contributed by atoms with Crippen LogP contribution in [0.25, 0.3) is 0 Å². The summed E-state index contributed by atoms with van der Waals surface area (Å²) in [7, 11) is 0. The molecule has 1 aromatic heterocycles. The summed E-state index contributed by atoms with van der Waals surface area (Å²) in [4.78, 5) is 15.0. The summed E-state index contributed by atoms with van der Waals surface area (Å²) in [6.45, 7) is 1.19. The Labute approximate surface area is 117 Å². The number of aromatic nitrogens is 1. The van der Waals surface area contributed by atoms with Crippen LogP contribution in [-0.2, 0) is 13.1 Å². The number of rotatable bonds is 5. The number of benzene rings is 1. The molecule has 0 unspecified atom stereocenters. The molecule has 0 spiro atoms. The maximum absolute atomic E-state index is 11.0. The highest BCUT2D eigenvalue weighted by molar-refractivity contribution is 5.89. The molecular formula is C14H15ClN2O2. The van der Waals surface area contributed by atoms with Gasteiger partial charge in [0.1, 0.15) is 0 Å². The van der Waals surface area contributed by atoms with Gasteiger partial charge in [-0.2, -0.15) is 0 Å². The number of carboxylic acid groups (broad SMARTS) is 1. The highest BCUT2D eigenvalue weighted by atomic mass is 35.5. The number of pyridine rings is 1. The first-order chi connectivity index (χ1) is 8.77. The van der Waals surface area contributed by atoms with Crippen LogP contribution in [-0.4, -0.2) is 16.1 Å². The molecule has 0 bridgehead atoms. The number of carboxylic acids is 1. The summed E-state index contributed by atoms with van der Waals surface area (Å²) in [5, 5.41) is 12.3. The fourth-order valence-corrected chi connectivity index (χ4v) is 1.73. The molecule has 2 N–H and O–H groups in total. The van der Waals surface area contributed by atoms with Crippen molar-refractivity contribution >= 4 is 18.4 Å². The summed E-state index contributed by atoms with van der Waals surface area (Å²) >= 11 is 0. The third-order valence-electron chi connectivity index (χ3n) is 2.62. The summed E-state index contributed by atoms with van der Waals surface area (Å²) in [5.41, 5.74) is 2.20. The number of hydrogen-bond donors (Lipinski definition) is 2. The average Bonchev–Trinajstić information content (AvgIpc) is 2.40. The Morgan fingerprint density at radius 2 is 1.95 bits per heavy atom. The Hall–Kier alpha value is -1.91. The smallest absolute Gasteiger partial charge is 0.336 e. The Balaban J connectivity index is 0.00000180. The highest BCUT2D eigenvalue weighted by Crippen LogP contribution is 2.08. The van der Waals surface area contributed by atoms with E-state index in [1.807, 2.05) is 24.3 Å².